The van der Waals surface area contributed by atoms with E-state index in [4.69, 9.17) is 4.74 Å². The number of carbonyl (C=O) groups excluding carboxylic acids is 1. The summed E-state index contributed by atoms with van der Waals surface area (Å²) < 4.78 is 35.1. The molecule has 0 aliphatic carbocycles. The molecule has 1 atom stereocenters. The number of rotatable bonds is 9. The third-order valence-electron chi connectivity index (χ3n) is 4.77. The van der Waals surface area contributed by atoms with Crippen LogP contribution in [0.25, 0.3) is 0 Å². The SMILES string of the molecule is COc1ccc(S(=O)(=O)N(Cc2ccccc2)C(Cc2cn(C)cn2)C(=O)NO)cc1.Cl. The molecule has 0 aliphatic heterocycles. The van der Waals surface area contributed by atoms with Gasteiger partial charge in [-0.05, 0) is 29.8 Å². The van der Waals surface area contributed by atoms with E-state index < -0.39 is 22.0 Å². The highest BCUT2D eigenvalue weighted by Gasteiger charge is 2.36. The number of halogens is 1. The predicted octanol–water partition coefficient (Wildman–Crippen LogP) is 2.16. The third-order valence-corrected chi connectivity index (χ3v) is 6.64. The molecular weight excluding hydrogens is 456 g/mol. The minimum Gasteiger partial charge on any atom is -0.497 e. The highest BCUT2D eigenvalue weighted by molar-refractivity contribution is 7.89. The minimum absolute atomic E-state index is 0. The number of aryl methyl sites for hydroxylation is 1. The third kappa shape index (κ3) is 5.86. The number of carbonyl (C=O) groups is 1. The number of hydrogen-bond donors (Lipinski definition) is 2. The van der Waals surface area contributed by atoms with Gasteiger partial charge in [-0.1, -0.05) is 30.3 Å². The molecule has 3 aromatic rings. The Balaban J connectivity index is 0.00000363. The van der Waals surface area contributed by atoms with Crippen molar-refractivity contribution < 1.29 is 23.2 Å². The summed E-state index contributed by atoms with van der Waals surface area (Å²) in [6.07, 6.45) is 3.23. The highest BCUT2D eigenvalue weighted by Crippen LogP contribution is 2.25. The Hall–Kier alpha value is -2.92. The lowest BCUT2D eigenvalue weighted by molar-refractivity contribution is -0.133. The van der Waals surface area contributed by atoms with Crippen molar-refractivity contribution in [1.29, 1.82) is 0 Å². The summed E-state index contributed by atoms with van der Waals surface area (Å²) in [4.78, 5) is 16.8. The monoisotopic (exact) mass is 480 g/mol. The van der Waals surface area contributed by atoms with Gasteiger partial charge in [0.25, 0.3) is 5.91 Å². The summed E-state index contributed by atoms with van der Waals surface area (Å²) in [6, 6.07) is 13.6. The van der Waals surface area contributed by atoms with E-state index in [1.54, 1.807) is 53.9 Å². The van der Waals surface area contributed by atoms with Crippen LogP contribution in [0.1, 0.15) is 11.3 Å². The van der Waals surface area contributed by atoms with Crippen molar-refractivity contribution in [3.05, 3.63) is 78.4 Å². The zero-order chi connectivity index (χ0) is 22.4. The van der Waals surface area contributed by atoms with Gasteiger partial charge in [0, 0.05) is 26.2 Å². The molecule has 32 heavy (non-hydrogen) atoms. The van der Waals surface area contributed by atoms with Gasteiger partial charge in [-0.3, -0.25) is 10.0 Å². The van der Waals surface area contributed by atoms with Crippen LogP contribution < -0.4 is 10.2 Å². The first-order valence-electron chi connectivity index (χ1n) is 9.45. The van der Waals surface area contributed by atoms with Gasteiger partial charge in [-0.15, -0.1) is 12.4 Å². The molecule has 1 heterocycles. The van der Waals surface area contributed by atoms with Crippen molar-refractivity contribution >= 4 is 28.3 Å². The van der Waals surface area contributed by atoms with E-state index in [1.165, 1.54) is 31.4 Å². The van der Waals surface area contributed by atoms with E-state index in [2.05, 4.69) is 4.98 Å². The maximum absolute atomic E-state index is 13.6. The maximum Gasteiger partial charge on any atom is 0.262 e. The van der Waals surface area contributed by atoms with Crippen LogP contribution >= 0.6 is 12.4 Å². The van der Waals surface area contributed by atoms with Gasteiger partial charge in [0.05, 0.1) is 24.0 Å². The van der Waals surface area contributed by atoms with Gasteiger partial charge in [-0.25, -0.2) is 18.9 Å². The molecule has 1 unspecified atom stereocenters. The number of nitrogens with zero attached hydrogens (tertiary/aromatic N) is 3. The Bertz CT molecular complexity index is 1120. The van der Waals surface area contributed by atoms with E-state index in [1.807, 2.05) is 6.07 Å². The van der Waals surface area contributed by atoms with Crippen molar-refractivity contribution in [2.24, 2.45) is 7.05 Å². The molecule has 0 spiro atoms. The van der Waals surface area contributed by atoms with Gasteiger partial charge in [0.1, 0.15) is 11.8 Å². The average molecular weight is 481 g/mol. The number of benzene rings is 2. The number of hydrogen-bond acceptors (Lipinski definition) is 6. The minimum atomic E-state index is -4.12. The van der Waals surface area contributed by atoms with Crippen molar-refractivity contribution in [2.45, 2.75) is 23.9 Å². The highest BCUT2D eigenvalue weighted by atomic mass is 35.5. The summed E-state index contributed by atoms with van der Waals surface area (Å²) in [5.74, 6) is -0.342. The standard InChI is InChI=1S/C21H24N4O5S.ClH/c1-24-14-17(22-15-24)12-20(21(26)23-27)25(13-16-6-4-3-5-7-16)31(28,29)19-10-8-18(30-2)9-11-19;/h3-11,14-15,20,27H,12-13H2,1-2H3,(H,23,26);1H. The molecular formula is C21H25ClN4O5S. The van der Waals surface area contributed by atoms with Crippen LogP contribution in [0.2, 0.25) is 0 Å². The first-order valence-corrected chi connectivity index (χ1v) is 10.9. The molecule has 2 N–H and O–H groups in total. The molecule has 0 aliphatic rings. The van der Waals surface area contributed by atoms with Crippen molar-refractivity contribution in [3.8, 4) is 5.75 Å². The average Bonchev–Trinajstić information content (AvgIpc) is 3.21. The Morgan fingerprint density at radius 2 is 1.84 bits per heavy atom. The molecule has 0 saturated carbocycles. The smallest absolute Gasteiger partial charge is 0.262 e. The van der Waals surface area contributed by atoms with Crippen molar-refractivity contribution in [1.82, 2.24) is 19.3 Å². The number of amides is 1. The number of methoxy groups -OCH3 is 1. The predicted molar refractivity (Wildman–Crippen MR) is 120 cm³/mol. The first-order chi connectivity index (χ1) is 14.8. The summed E-state index contributed by atoms with van der Waals surface area (Å²) in [5, 5.41) is 9.34. The summed E-state index contributed by atoms with van der Waals surface area (Å²) in [5.41, 5.74) is 2.80. The fourth-order valence-corrected chi connectivity index (χ4v) is 4.75. The lowest BCUT2D eigenvalue weighted by atomic mass is 10.1. The van der Waals surface area contributed by atoms with E-state index in [9.17, 15) is 18.4 Å². The topological polar surface area (TPSA) is 114 Å². The Kier molecular flexibility index (Phi) is 8.79. The van der Waals surface area contributed by atoms with E-state index in [-0.39, 0.29) is 30.3 Å². The number of imidazole rings is 1. The van der Waals surface area contributed by atoms with Gasteiger partial charge in [-0.2, -0.15) is 4.31 Å². The van der Waals surface area contributed by atoms with E-state index in [0.29, 0.717) is 17.0 Å². The lowest BCUT2D eigenvalue weighted by Crippen LogP contribution is -2.49. The van der Waals surface area contributed by atoms with Crippen LogP contribution in [-0.4, -0.2) is 46.5 Å². The number of nitrogens with one attached hydrogen (secondary N) is 1. The van der Waals surface area contributed by atoms with Gasteiger partial charge in [0.2, 0.25) is 10.0 Å². The molecule has 0 bridgehead atoms. The normalized spacial score (nSPS) is 12.1. The molecule has 0 fully saturated rings. The van der Waals surface area contributed by atoms with E-state index >= 15 is 0 Å². The largest absolute Gasteiger partial charge is 0.497 e. The molecule has 3 rings (SSSR count). The number of sulfonamides is 1. The molecule has 0 radical (unpaired) electrons. The molecule has 11 heteroatoms. The van der Waals surface area contributed by atoms with Gasteiger partial charge < -0.3 is 9.30 Å². The quantitative estimate of drug-likeness (QED) is 0.358. The van der Waals surface area contributed by atoms with Crippen molar-refractivity contribution in [3.63, 3.8) is 0 Å². The second-order valence-corrected chi connectivity index (χ2v) is 8.83. The van der Waals surface area contributed by atoms with Crippen molar-refractivity contribution in [2.75, 3.05) is 7.11 Å². The molecule has 1 aromatic heterocycles. The zero-order valence-corrected chi connectivity index (χ0v) is 19.2. The zero-order valence-electron chi connectivity index (χ0n) is 17.6. The second kappa shape index (κ2) is 11.1. The molecule has 1 amide bonds. The van der Waals surface area contributed by atoms with Crippen LogP contribution in [0, 0.1) is 0 Å². The maximum atomic E-state index is 13.6. The fourth-order valence-electron chi connectivity index (χ4n) is 3.18. The second-order valence-electron chi connectivity index (χ2n) is 6.94. The first kappa shape index (κ1) is 25.3. The van der Waals surface area contributed by atoms with Gasteiger partial charge in [0.15, 0.2) is 0 Å². The summed E-state index contributed by atoms with van der Waals surface area (Å²) in [7, 11) is -0.864. The van der Waals surface area contributed by atoms with Crippen LogP contribution in [0.3, 0.4) is 0 Å². The van der Waals surface area contributed by atoms with Crippen LogP contribution in [0.4, 0.5) is 0 Å². The van der Waals surface area contributed by atoms with Crippen LogP contribution in [0.5, 0.6) is 5.75 Å². The Morgan fingerprint density at radius 3 is 2.38 bits per heavy atom. The summed E-state index contributed by atoms with van der Waals surface area (Å²) >= 11 is 0. The number of aromatic nitrogens is 2. The van der Waals surface area contributed by atoms with Gasteiger partial charge >= 0.3 is 0 Å². The number of ether oxygens (including phenoxy) is 1. The summed E-state index contributed by atoms with van der Waals surface area (Å²) in [6.45, 7) is -0.0693. The van der Waals surface area contributed by atoms with Crippen LogP contribution in [0.15, 0.2) is 72.0 Å². The van der Waals surface area contributed by atoms with Crippen LogP contribution in [-0.2, 0) is 34.8 Å². The Labute approximate surface area is 193 Å². The molecule has 0 saturated heterocycles. The molecule has 2 aromatic carbocycles. The molecule has 9 nitrogen and oxygen atoms in total. The number of hydroxylamine groups is 1. The van der Waals surface area contributed by atoms with E-state index in [0.717, 1.165) is 4.31 Å². The Morgan fingerprint density at radius 1 is 1.19 bits per heavy atom. The fraction of sp³-hybridized carbons (Fsp3) is 0.238. The lowest BCUT2D eigenvalue weighted by Gasteiger charge is -2.29. The molecule has 172 valence electrons.